The van der Waals surface area contributed by atoms with E-state index in [1.54, 1.807) is 6.20 Å². The first-order valence-corrected chi connectivity index (χ1v) is 3.99. The van der Waals surface area contributed by atoms with Crippen molar-refractivity contribution < 1.29 is 5.11 Å². The second-order valence-corrected chi connectivity index (χ2v) is 2.47. The SMILES string of the molecule is CCc1nccn1CCCO. The highest BCUT2D eigenvalue weighted by atomic mass is 16.3. The summed E-state index contributed by atoms with van der Waals surface area (Å²) in [7, 11) is 0. The van der Waals surface area contributed by atoms with Crippen LogP contribution in [0.1, 0.15) is 19.2 Å². The third-order valence-corrected chi connectivity index (χ3v) is 1.68. The Balaban J connectivity index is 2.54. The van der Waals surface area contributed by atoms with Crippen LogP contribution in [0, 0.1) is 0 Å². The van der Waals surface area contributed by atoms with E-state index in [0.717, 1.165) is 25.2 Å². The van der Waals surface area contributed by atoms with Gasteiger partial charge in [0.05, 0.1) is 0 Å². The Labute approximate surface area is 66.7 Å². The molecule has 62 valence electrons. The quantitative estimate of drug-likeness (QED) is 0.697. The van der Waals surface area contributed by atoms with Crippen LogP contribution in [0.3, 0.4) is 0 Å². The highest BCUT2D eigenvalue weighted by molar-refractivity contribution is 4.91. The molecule has 0 fully saturated rings. The molecular formula is C8H14N2O. The molecule has 0 saturated heterocycles. The van der Waals surface area contributed by atoms with Crippen LogP contribution >= 0.6 is 0 Å². The van der Waals surface area contributed by atoms with Crippen LogP contribution < -0.4 is 0 Å². The van der Waals surface area contributed by atoms with Crippen molar-refractivity contribution in [1.29, 1.82) is 0 Å². The van der Waals surface area contributed by atoms with E-state index in [1.165, 1.54) is 0 Å². The molecule has 0 aliphatic rings. The van der Waals surface area contributed by atoms with Crippen molar-refractivity contribution in [2.45, 2.75) is 26.3 Å². The van der Waals surface area contributed by atoms with E-state index in [9.17, 15) is 0 Å². The zero-order chi connectivity index (χ0) is 8.10. The maximum absolute atomic E-state index is 8.59. The second-order valence-electron chi connectivity index (χ2n) is 2.47. The molecule has 1 N–H and O–H groups in total. The first-order valence-electron chi connectivity index (χ1n) is 3.99. The van der Waals surface area contributed by atoms with Crippen LogP contribution in [0.25, 0.3) is 0 Å². The molecule has 0 aliphatic heterocycles. The number of rotatable bonds is 4. The van der Waals surface area contributed by atoms with Gasteiger partial charge in [0, 0.05) is 32.0 Å². The largest absolute Gasteiger partial charge is 0.396 e. The zero-order valence-electron chi connectivity index (χ0n) is 6.82. The molecule has 1 heterocycles. The number of aromatic nitrogens is 2. The number of aryl methyl sites for hydroxylation is 2. The van der Waals surface area contributed by atoms with Gasteiger partial charge in [-0.1, -0.05) is 6.92 Å². The number of imidazole rings is 1. The molecular weight excluding hydrogens is 140 g/mol. The van der Waals surface area contributed by atoms with Gasteiger partial charge in [-0.15, -0.1) is 0 Å². The van der Waals surface area contributed by atoms with E-state index in [1.807, 2.05) is 6.20 Å². The summed E-state index contributed by atoms with van der Waals surface area (Å²) in [6.07, 6.45) is 5.52. The first kappa shape index (κ1) is 8.27. The molecule has 0 amide bonds. The van der Waals surface area contributed by atoms with E-state index in [-0.39, 0.29) is 6.61 Å². The molecule has 3 heteroatoms. The van der Waals surface area contributed by atoms with Gasteiger partial charge in [0.1, 0.15) is 5.82 Å². The van der Waals surface area contributed by atoms with Gasteiger partial charge < -0.3 is 9.67 Å². The van der Waals surface area contributed by atoms with Crippen molar-refractivity contribution in [3.05, 3.63) is 18.2 Å². The summed E-state index contributed by atoms with van der Waals surface area (Å²) in [4.78, 5) is 4.17. The van der Waals surface area contributed by atoms with Gasteiger partial charge >= 0.3 is 0 Å². The summed E-state index contributed by atoms with van der Waals surface area (Å²) < 4.78 is 2.08. The average Bonchev–Trinajstić information content (AvgIpc) is 2.47. The van der Waals surface area contributed by atoms with E-state index < -0.39 is 0 Å². The number of hydrogen-bond donors (Lipinski definition) is 1. The topological polar surface area (TPSA) is 38.0 Å². The van der Waals surface area contributed by atoms with Gasteiger partial charge in [0.15, 0.2) is 0 Å². The highest BCUT2D eigenvalue weighted by Gasteiger charge is 1.97. The fourth-order valence-corrected chi connectivity index (χ4v) is 1.10. The summed E-state index contributed by atoms with van der Waals surface area (Å²) in [5.41, 5.74) is 0. The third-order valence-electron chi connectivity index (χ3n) is 1.68. The molecule has 0 spiro atoms. The van der Waals surface area contributed by atoms with E-state index in [4.69, 9.17) is 5.11 Å². The van der Waals surface area contributed by atoms with Crippen molar-refractivity contribution in [2.75, 3.05) is 6.61 Å². The molecule has 0 saturated carbocycles. The highest BCUT2D eigenvalue weighted by Crippen LogP contribution is 1.99. The van der Waals surface area contributed by atoms with Crippen LogP contribution in [0.15, 0.2) is 12.4 Å². The van der Waals surface area contributed by atoms with Gasteiger partial charge in [-0.05, 0) is 6.42 Å². The predicted molar refractivity (Wildman–Crippen MR) is 43.3 cm³/mol. The fourth-order valence-electron chi connectivity index (χ4n) is 1.10. The normalized spacial score (nSPS) is 10.4. The maximum Gasteiger partial charge on any atom is 0.108 e. The van der Waals surface area contributed by atoms with E-state index >= 15 is 0 Å². The molecule has 0 unspecified atom stereocenters. The molecule has 1 rings (SSSR count). The van der Waals surface area contributed by atoms with Crippen LogP contribution in [-0.4, -0.2) is 21.3 Å². The summed E-state index contributed by atoms with van der Waals surface area (Å²) in [5, 5.41) is 8.59. The Morgan fingerprint density at radius 2 is 2.45 bits per heavy atom. The Morgan fingerprint density at radius 3 is 3.09 bits per heavy atom. The van der Waals surface area contributed by atoms with Crippen LogP contribution in [0.2, 0.25) is 0 Å². The molecule has 1 aromatic rings. The molecule has 0 atom stereocenters. The van der Waals surface area contributed by atoms with E-state index in [0.29, 0.717) is 0 Å². The van der Waals surface area contributed by atoms with Gasteiger partial charge in [0.25, 0.3) is 0 Å². The Bertz CT molecular complexity index is 208. The summed E-state index contributed by atoms with van der Waals surface area (Å²) in [6.45, 7) is 3.21. The standard InChI is InChI=1S/C8H14N2O/c1-2-8-9-4-6-10(8)5-3-7-11/h4,6,11H,2-3,5,7H2,1H3. The molecule has 1 aromatic heterocycles. The predicted octanol–water partition coefficient (Wildman–Crippen LogP) is 0.828. The lowest BCUT2D eigenvalue weighted by Crippen LogP contribution is -2.03. The zero-order valence-corrected chi connectivity index (χ0v) is 6.82. The minimum absolute atomic E-state index is 0.251. The van der Waals surface area contributed by atoms with Crippen LogP contribution in [0.4, 0.5) is 0 Å². The third kappa shape index (κ3) is 2.05. The van der Waals surface area contributed by atoms with Crippen molar-refractivity contribution in [3.8, 4) is 0 Å². The Kier molecular flexibility index (Phi) is 3.11. The molecule has 0 aromatic carbocycles. The number of aliphatic hydroxyl groups is 1. The van der Waals surface area contributed by atoms with Crippen molar-refractivity contribution in [3.63, 3.8) is 0 Å². The van der Waals surface area contributed by atoms with Gasteiger partial charge in [-0.3, -0.25) is 0 Å². The Morgan fingerprint density at radius 1 is 1.64 bits per heavy atom. The van der Waals surface area contributed by atoms with Gasteiger partial charge in [0.2, 0.25) is 0 Å². The number of nitrogens with zero attached hydrogens (tertiary/aromatic N) is 2. The van der Waals surface area contributed by atoms with Gasteiger partial charge in [-0.2, -0.15) is 0 Å². The van der Waals surface area contributed by atoms with Crippen molar-refractivity contribution in [2.24, 2.45) is 0 Å². The Hall–Kier alpha value is -0.830. The molecule has 3 nitrogen and oxygen atoms in total. The lowest BCUT2D eigenvalue weighted by molar-refractivity contribution is 0.279. The monoisotopic (exact) mass is 154 g/mol. The van der Waals surface area contributed by atoms with Crippen LogP contribution in [-0.2, 0) is 13.0 Å². The smallest absolute Gasteiger partial charge is 0.108 e. The van der Waals surface area contributed by atoms with Crippen LogP contribution in [0.5, 0.6) is 0 Å². The minimum atomic E-state index is 0.251. The molecule has 0 radical (unpaired) electrons. The lowest BCUT2D eigenvalue weighted by Gasteiger charge is -2.03. The first-order chi connectivity index (χ1) is 5.38. The number of aliphatic hydroxyl groups excluding tert-OH is 1. The summed E-state index contributed by atoms with van der Waals surface area (Å²) in [6, 6.07) is 0. The van der Waals surface area contributed by atoms with Crippen molar-refractivity contribution >= 4 is 0 Å². The summed E-state index contributed by atoms with van der Waals surface area (Å²) >= 11 is 0. The van der Waals surface area contributed by atoms with E-state index in [2.05, 4.69) is 16.5 Å². The maximum atomic E-state index is 8.59. The molecule has 0 aliphatic carbocycles. The molecule has 11 heavy (non-hydrogen) atoms. The molecule has 0 bridgehead atoms. The lowest BCUT2D eigenvalue weighted by atomic mass is 10.4. The van der Waals surface area contributed by atoms with Crippen molar-refractivity contribution in [1.82, 2.24) is 9.55 Å². The minimum Gasteiger partial charge on any atom is -0.396 e. The second kappa shape index (κ2) is 4.13. The number of hydrogen-bond acceptors (Lipinski definition) is 2. The van der Waals surface area contributed by atoms with Gasteiger partial charge in [-0.25, -0.2) is 4.98 Å². The average molecular weight is 154 g/mol. The fraction of sp³-hybridized carbons (Fsp3) is 0.625. The summed E-state index contributed by atoms with van der Waals surface area (Å²) in [5.74, 6) is 1.10.